The fourth-order valence-corrected chi connectivity index (χ4v) is 3.53. The van der Waals surface area contributed by atoms with Crippen LogP contribution in [-0.2, 0) is 0 Å². The van der Waals surface area contributed by atoms with Crippen molar-refractivity contribution in [3.05, 3.63) is 52.4 Å². The number of furan rings is 1. The summed E-state index contributed by atoms with van der Waals surface area (Å²) < 4.78 is 5.90. The third kappa shape index (κ3) is 4.44. The molecule has 0 unspecified atom stereocenters. The summed E-state index contributed by atoms with van der Waals surface area (Å²) >= 11 is 3.23. The van der Waals surface area contributed by atoms with Gasteiger partial charge in [-0.1, -0.05) is 12.1 Å². The Labute approximate surface area is 157 Å². The summed E-state index contributed by atoms with van der Waals surface area (Å²) in [6.45, 7) is 2.71. The molecule has 25 heavy (non-hydrogen) atoms. The van der Waals surface area contributed by atoms with Crippen LogP contribution in [0.3, 0.4) is 0 Å². The maximum absolute atomic E-state index is 12.3. The minimum atomic E-state index is -0.181. The van der Waals surface area contributed by atoms with Crippen LogP contribution >= 0.6 is 15.9 Å². The van der Waals surface area contributed by atoms with Crippen molar-refractivity contribution in [3.63, 3.8) is 0 Å². The van der Waals surface area contributed by atoms with Crippen LogP contribution in [0.5, 0.6) is 0 Å². The predicted octanol–water partition coefficient (Wildman–Crippen LogP) is 3.68. The number of carbonyl (C=O) groups excluding carboxylic acids is 1. The molecule has 0 bridgehead atoms. The van der Waals surface area contributed by atoms with Crippen molar-refractivity contribution in [1.82, 2.24) is 10.2 Å². The highest BCUT2D eigenvalue weighted by Crippen LogP contribution is 2.26. The molecular formula is C19H24BrN3O2. The molecule has 1 atom stereocenters. The smallest absolute Gasteiger partial charge is 0.287 e. The largest absolute Gasteiger partial charge is 0.444 e. The van der Waals surface area contributed by atoms with Gasteiger partial charge in [0.15, 0.2) is 10.4 Å². The van der Waals surface area contributed by atoms with E-state index in [0.717, 1.165) is 13.1 Å². The van der Waals surface area contributed by atoms with E-state index in [0.29, 0.717) is 17.0 Å². The molecule has 1 saturated heterocycles. The Balaban J connectivity index is 1.72. The van der Waals surface area contributed by atoms with Crippen LogP contribution in [0.25, 0.3) is 0 Å². The third-order valence-corrected chi connectivity index (χ3v) is 5.05. The van der Waals surface area contributed by atoms with E-state index in [1.165, 1.54) is 24.1 Å². The number of nitrogens with zero attached hydrogens (tertiary/aromatic N) is 2. The normalized spacial score (nSPS) is 16.0. The van der Waals surface area contributed by atoms with E-state index in [-0.39, 0.29) is 11.9 Å². The molecule has 0 radical (unpaired) electrons. The molecule has 1 fully saturated rings. The number of carbonyl (C=O) groups is 1. The SMILES string of the molecule is CN(C)c1ccc([C@@H](CNC(=O)c2ccc(Br)o2)N2CCCC2)cc1. The van der Waals surface area contributed by atoms with E-state index < -0.39 is 0 Å². The summed E-state index contributed by atoms with van der Waals surface area (Å²) in [5.41, 5.74) is 2.40. The van der Waals surface area contributed by atoms with Gasteiger partial charge in [0, 0.05) is 26.3 Å². The molecule has 0 aliphatic carbocycles. The van der Waals surface area contributed by atoms with Crippen molar-refractivity contribution in [3.8, 4) is 0 Å². The van der Waals surface area contributed by atoms with Gasteiger partial charge >= 0.3 is 0 Å². The van der Waals surface area contributed by atoms with Gasteiger partial charge in [0.05, 0.1) is 6.04 Å². The first-order valence-corrected chi connectivity index (χ1v) is 9.39. The lowest BCUT2D eigenvalue weighted by Crippen LogP contribution is -2.36. The fourth-order valence-electron chi connectivity index (χ4n) is 3.22. The topological polar surface area (TPSA) is 48.7 Å². The van der Waals surface area contributed by atoms with Gasteiger partial charge in [-0.25, -0.2) is 0 Å². The van der Waals surface area contributed by atoms with Crippen molar-refractivity contribution in [2.75, 3.05) is 38.6 Å². The fraction of sp³-hybridized carbons (Fsp3) is 0.421. The first-order chi connectivity index (χ1) is 12.0. The van der Waals surface area contributed by atoms with Gasteiger partial charge in [-0.15, -0.1) is 0 Å². The summed E-state index contributed by atoms with van der Waals surface area (Å²) in [4.78, 5) is 16.8. The third-order valence-electron chi connectivity index (χ3n) is 4.63. The molecule has 6 heteroatoms. The molecule has 1 amide bonds. The zero-order chi connectivity index (χ0) is 17.8. The number of anilines is 1. The maximum atomic E-state index is 12.3. The highest BCUT2D eigenvalue weighted by Gasteiger charge is 2.24. The molecule has 5 nitrogen and oxygen atoms in total. The first-order valence-electron chi connectivity index (χ1n) is 8.59. The Hall–Kier alpha value is -1.79. The Morgan fingerprint density at radius 1 is 1.20 bits per heavy atom. The van der Waals surface area contributed by atoms with Crippen LogP contribution in [0.1, 0.15) is 35.0 Å². The van der Waals surface area contributed by atoms with Crippen molar-refractivity contribution in [2.45, 2.75) is 18.9 Å². The number of hydrogen-bond donors (Lipinski definition) is 1. The second-order valence-corrected chi connectivity index (χ2v) is 7.34. The Morgan fingerprint density at radius 3 is 2.44 bits per heavy atom. The highest BCUT2D eigenvalue weighted by molar-refractivity contribution is 9.10. The summed E-state index contributed by atoms with van der Waals surface area (Å²) in [6.07, 6.45) is 2.43. The van der Waals surface area contributed by atoms with Gasteiger partial charge in [0.2, 0.25) is 0 Å². The van der Waals surface area contributed by atoms with Crippen LogP contribution in [-0.4, -0.2) is 44.5 Å². The van der Waals surface area contributed by atoms with Gasteiger partial charge in [-0.05, 0) is 71.7 Å². The monoisotopic (exact) mass is 405 g/mol. The number of benzene rings is 1. The predicted molar refractivity (Wildman–Crippen MR) is 103 cm³/mol. The molecule has 1 N–H and O–H groups in total. The van der Waals surface area contributed by atoms with E-state index in [9.17, 15) is 4.79 Å². The van der Waals surface area contributed by atoms with E-state index >= 15 is 0 Å². The molecular weight excluding hydrogens is 382 g/mol. The molecule has 2 aromatic rings. The number of hydrogen-bond acceptors (Lipinski definition) is 4. The summed E-state index contributed by atoms with van der Waals surface area (Å²) in [5.74, 6) is 0.148. The van der Waals surface area contributed by atoms with Gasteiger partial charge in [-0.2, -0.15) is 0 Å². The minimum Gasteiger partial charge on any atom is -0.444 e. The van der Waals surface area contributed by atoms with E-state index in [4.69, 9.17) is 4.42 Å². The summed E-state index contributed by atoms with van der Waals surface area (Å²) in [5, 5.41) is 3.02. The molecule has 0 saturated carbocycles. The van der Waals surface area contributed by atoms with Crippen LogP contribution in [0, 0.1) is 0 Å². The lowest BCUT2D eigenvalue weighted by Gasteiger charge is -2.28. The average molecular weight is 406 g/mol. The number of halogens is 1. The quantitative estimate of drug-likeness (QED) is 0.796. The summed E-state index contributed by atoms with van der Waals surface area (Å²) in [7, 11) is 4.07. The van der Waals surface area contributed by atoms with Crippen LogP contribution < -0.4 is 10.2 Å². The van der Waals surface area contributed by atoms with Crippen molar-refractivity contribution >= 4 is 27.5 Å². The second-order valence-electron chi connectivity index (χ2n) is 6.56. The number of rotatable bonds is 6. The zero-order valence-corrected chi connectivity index (χ0v) is 16.3. The number of amides is 1. The van der Waals surface area contributed by atoms with Gasteiger partial charge in [0.1, 0.15) is 0 Å². The molecule has 134 valence electrons. The van der Waals surface area contributed by atoms with Gasteiger partial charge in [0.25, 0.3) is 5.91 Å². The van der Waals surface area contributed by atoms with Crippen LogP contribution in [0.15, 0.2) is 45.5 Å². The molecule has 1 aliphatic rings. The zero-order valence-electron chi connectivity index (χ0n) is 14.7. The van der Waals surface area contributed by atoms with Crippen LogP contribution in [0.4, 0.5) is 5.69 Å². The minimum absolute atomic E-state index is 0.181. The Kier molecular flexibility index (Phi) is 5.81. The van der Waals surface area contributed by atoms with Crippen molar-refractivity contribution < 1.29 is 9.21 Å². The molecule has 1 aliphatic heterocycles. The number of nitrogens with one attached hydrogen (secondary N) is 1. The van der Waals surface area contributed by atoms with Gasteiger partial charge in [-0.3, -0.25) is 9.69 Å². The number of likely N-dealkylation sites (tertiary alicyclic amines) is 1. The van der Waals surface area contributed by atoms with E-state index in [1.807, 2.05) is 14.1 Å². The summed E-state index contributed by atoms with van der Waals surface area (Å²) in [6, 6.07) is 12.2. The molecule has 3 rings (SSSR count). The Bertz CT molecular complexity index is 706. The van der Waals surface area contributed by atoms with Crippen molar-refractivity contribution in [1.29, 1.82) is 0 Å². The molecule has 1 aromatic carbocycles. The molecule has 1 aromatic heterocycles. The second kappa shape index (κ2) is 8.06. The highest BCUT2D eigenvalue weighted by atomic mass is 79.9. The average Bonchev–Trinajstić information content (AvgIpc) is 3.27. The molecule has 2 heterocycles. The van der Waals surface area contributed by atoms with Gasteiger partial charge < -0.3 is 14.6 Å². The van der Waals surface area contributed by atoms with E-state index in [1.54, 1.807) is 12.1 Å². The van der Waals surface area contributed by atoms with E-state index in [2.05, 4.69) is 55.3 Å². The lowest BCUT2D eigenvalue weighted by atomic mass is 10.0. The molecule has 0 spiro atoms. The lowest BCUT2D eigenvalue weighted by molar-refractivity contribution is 0.0909. The van der Waals surface area contributed by atoms with Crippen molar-refractivity contribution in [2.24, 2.45) is 0 Å². The Morgan fingerprint density at radius 2 is 1.88 bits per heavy atom. The first kappa shape index (κ1) is 18.0. The maximum Gasteiger partial charge on any atom is 0.287 e. The van der Waals surface area contributed by atoms with Crippen LogP contribution in [0.2, 0.25) is 0 Å². The standard InChI is InChI=1S/C19H24BrN3O2/c1-22(2)15-7-5-14(6-8-15)16(23-11-3-4-12-23)13-21-19(24)17-9-10-18(20)25-17/h5-10,16H,3-4,11-13H2,1-2H3,(H,21,24)/t16-/m1/s1.